The van der Waals surface area contributed by atoms with E-state index in [9.17, 15) is 9.36 Å². The molecule has 232 valence electrons. The van der Waals surface area contributed by atoms with E-state index in [1.54, 1.807) is 12.1 Å². The molecule has 11 nitrogen and oxygen atoms in total. The highest BCUT2D eigenvalue weighted by atomic mass is 35.5. The van der Waals surface area contributed by atoms with Crippen LogP contribution in [0.15, 0.2) is 35.6 Å². The van der Waals surface area contributed by atoms with Crippen molar-refractivity contribution in [1.82, 2.24) is 10.4 Å². The number of hydrazone groups is 1. The number of nitrogens with one attached hydrogen (secondary N) is 2. The van der Waals surface area contributed by atoms with Gasteiger partial charge in [-0.25, -0.2) is 9.36 Å². The fourth-order valence-electron chi connectivity index (χ4n) is 2.98. The first kappa shape index (κ1) is 36.2. The lowest BCUT2D eigenvalue weighted by molar-refractivity contribution is 0.151. The van der Waals surface area contributed by atoms with Crippen molar-refractivity contribution >= 4 is 82.5 Å². The van der Waals surface area contributed by atoms with Crippen molar-refractivity contribution < 1.29 is 27.7 Å². The predicted molar refractivity (Wildman–Crippen MR) is 178 cm³/mol. The maximum atomic E-state index is 13.8. The summed E-state index contributed by atoms with van der Waals surface area (Å²) in [7, 11) is -7.05. The smallest absolute Gasteiger partial charge is 0.444 e. The number of rotatable bonds is 15. The molecule has 4 N–H and O–H groups in total. The van der Waals surface area contributed by atoms with Crippen LogP contribution >= 0.6 is 43.2 Å². The summed E-state index contributed by atoms with van der Waals surface area (Å²) in [6, 6.07) is 7.60. The van der Waals surface area contributed by atoms with Gasteiger partial charge in [-0.05, 0) is 42.5 Å². The van der Waals surface area contributed by atoms with Crippen LogP contribution in [-0.2, 0) is 25.0 Å². The van der Waals surface area contributed by atoms with Gasteiger partial charge in [-0.15, -0.1) is 0 Å². The molecule has 0 fully saturated rings. The molecular formula is C25H38Cl2N5O6PSSi2. The average Bonchev–Trinajstić information content (AvgIpc) is 2.84. The van der Waals surface area contributed by atoms with E-state index in [0.717, 1.165) is 12.1 Å². The van der Waals surface area contributed by atoms with Gasteiger partial charge in [-0.2, -0.15) is 5.10 Å². The Morgan fingerprint density at radius 2 is 1.69 bits per heavy atom. The normalized spacial score (nSPS) is 12.3. The molecule has 2 rings (SSSR count). The molecule has 0 spiro atoms. The number of hydrogen-bond donors (Lipinski definition) is 3. The van der Waals surface area contributed by atoms with E-state index < -0.39 is 30.1 Å². The zero-order chi connectivity index (χ0) is 31.6. The van der Waals surface area contributed by atoms with Crippen LogP contribution in [0.25, 0.3) is 0 Å². The molecule has 0 saturated heterocycles. The number of carbonyl (C=O) groups is 1. The summed E-state index contributed by atoms with van der Waals surface area (Å²) in [5.74, 6) is 0.0552. The molecule has 42 heavy (non-hydrogen) atoms. The van der Waals surface area contributed by atoms with Gasteiger partial charge in [0.1, 0.15) is 18.1 Å². The number of nitrogens with two attached hydrogens (primary N) is 1. The minimum atomic E-state index is -4.06. The van der Waals surface area contributed by atoms with E-state index in [-0.39, 0.29) is 40.7 Å². The zero-order valence-electron chi connectivity index (χ0n) is 24.5. The first-order valence-electron chi connectivity index (χ1n) is 13.0. The molecule has 0 aliphatic rings. The van der Waals surface area contributed by atoms with Gasteiger partial charge in [0, 0.05) is 34.0 Å². The van der Waals surface area contributed by atoms with Crippen LogP contribution in [0.1, 0.15) is 11.3 Å². The summed E-state index contributed by atoms with van der Waals surface area (Å²) >= 11 is 17.2. The Morgan fingerprint density at radius 1 is 1.10 bits per heavy atom. The van der Waals surface area contributed by atoms with Crippen LogP contribution in [0.4, 0.5) is 10.5 Å². The Morgan fingerprint density at radius 3 is 2.26 bits per heavy atom. The largest absolute Gasteiger partial charge is 0.530 e. The van der Waals surface area contributed by atoms with E-state index in [4.69, 9.17) is 59.5 Å². The molecule has 1 aromatic carbocycles. The Hall–Kier alpha value is -2.04. The second-order valence-electron chi connectivity index (χ2n) is 11.6. The average molecular weight is 695 g/mol. The molecule has 0 bridgehead atoms. The van der Waals surface area contributed by atoms with Gasteiger partial charge < -0.3 is 15.0 Å². The molecule has 0 unspecified atom stereocenters. The second kappa shape index (κ2) is 16.2. The Bertz CT molecular complexity index is 1300. The monoisotopic (exact) mass is 693 g/mol. The lowest BCUT2D eigenvalue weighted by Crippen LogP contribution is -2.24. The fraction of sp³-hybridized carbons (Fsp3) is 0.440. The van der Waals surface area contributed by atoms with Crippen LogP contribution in [0.2, 0.25) is 61.4 Å². The fourth-order valence-corrected chi connectivity index (χ4v) is 6.36. The number of nitrogens with zero attached hydrogens (tertiary/aromatic N) is 2. The molecule has 1 amide bonds. The van der Waals surface area contributed by atoms with Gasteiger partial charge in [0.15, 0.2) is 5.11 Å². The van der Waals surface area contributed by atoms with Crippen LogP contribution in [0.5, 0.6) is 5.75 Å². The Kier molecular flexibility index (Phi) is 13.9. The summed E-state index contributed by atoms with van der Waals surface area (Å²) in [6.45, 7) is 13.2. The molecule has 1 aromatic heterocycles. The van der Waals surface area contributed by atoms with Crippen LogP contribution in [0.3, 0.4) is 0 Å². The Labute approximate surface area is 264 Å². The second-order valence-corrected chi connectivity index (χ2v) is 25.7. The van der Waals surface area contributed by atoms with Gasteiger partial charge in [0.2, 0.25) is 0 Å². The first-order valence-corrected chi connectivity index (χ1v) is 23.0. The van der Waals surface area contributed by atoms with E-state index in [1.807, 2.05) is 0 Å². The van der Waals surface area contributed by atoms with Crippen molar-refractivity contribution in [3.8, 4) is 5.75 Å². The summed E-state index contributed by atoms with van der Waals surface area (Å²) < 4.78 is 36.5. The third-order valence-electron chi connectivity index (χ3n) is 5.31. The third-order valence-corrected chi connectivity index (χ3v) is 11.0. The lowest BCUT2D eigenvalue weighted by Gasteiger charge is -2.23. The number of halogens is 2. The molecule has 1 heterocycles. The lowest BCUT2D eigenvalue weighted by atomic mass is 10.2. The highest BCUT2D eigenvalue weighted by Gasteiger charge is 2.32. The highest BCUT2D eigenvalue weighted by molar-refractivity contribution is 7.80. The van der Waals surface area contributed by atoms with Crippen molar-refractivity contribution in [3.05, 3.63) is 51.8 Å². The summed E-state index contributed by atoms with van der Waals surface area (Å²) in [4.78, 5) is 16.8. The maximum Gasteiger partial charge on any atom is 0.530 e. The standard InChI is InChI=1S/C25H38Cl2N5O6PSSi2/c1-41(2,3)12-10-36-39(34,37-11-13-42(4,5)6)38-23-15-20(27)19(26)14-18(23)17-35-25(33)31-21-8-7-9-29-22(21)16-30-32-24(28)40/h7-9,14-16H,10-13,17H2,1-6H3,(H,31,33)(H3,28,32,40). The molecule has 0 aliphatic heterocycles. The van der Waals surface area contributed by atoms with Crippen molar-refractivity contribution in [3.63, 3.8) is 0 Å². The predicted octanol–water partition coefficient (Wildman–Crippen LogP) is 7.50. The van der Waals surface area contributed by atoms with E-state index in [1.165, 1.54) is 24.5 Å². The number of carbonyl (C=O) groups excluding carboxylic acids is 1. The van der Waals surface area contributed by atoms with Crippen molar-refractivity contribution in [2.45, 2.75) is 58.0 Å². The van der Waals surface area contributed by atoms with E-state index in [2.05, 4.69) is 60.1 Å². The van der Waals surface area contributed by atoms with Gasteiger partial charge in [-0.1, -0.05) is 62.5 Å². The van der Waals surface area contributed by atoms with Gasteiger partial charge in [-0.3, -0.25) is 24.8 Å². The quantitative estimate of drug-likeness (QED) is 0.0563. The SMILES string of the molecule is C[Si](C)(C)CCOP(=O)(OCC[Si](C)(C)C)Oc1cc(Cl)c(Cl)cc1COC(=O)Nc1cccnc1C=NNC(N)=S. The van der Waals surface area contributed by atoms with Crippen LogP contribution in [-0.4, -0.2) is 51.8 Å². The van der Waals surface area contributed by atoms with Crippen LogP contribution in [0, 0.1) is 0 Å². The summed E-state index contributed by atoms with van der Waals surface area (Å²) in [5.41, 5.74) is 8.72. The number of aromatic nitrogens is 1. The number of anilines is 1. The minimum absolute atomic E-state index is 0.0248. The van der Waals surface area contributed by atoms with Crippen molar-refractivity contribution in [1.29, 1.82) is 0 Å². The van der Waals surface area contributed by atoms with Gasteiger partial charge in [0.25, 0.3) is 0 Å². The number of hydrogen-bond acceptors (Lipinski definition) is 9. The highest BCUT2D eigenvalue weighted by Crippen LogP contribution is 2.51. The molecule has 0 atom stereocenters. The van der Waals surface area contributed by atoms with Crippen molar-refractivity contribution in [2.24, 2.45) is 10.8 Å². The van der Waals surface area contributed by atoms with Crippen molar-refractivity contribution in [2.75, 3.05) is 18.5 Å². The van der Waals surface area contributed by atoms with Crippen LogP contribution < -0.4 is 21.0 Å². The number of pyridine rings is 1. The van der Waals surface area contributed by atoms with Gasteiger partial charge in [0.05, 0.1) is 35.2 Å². The molecular weight excluding hydrogens is 656 g/mol. The molecule has 0 aliphatic carbocycles. The number of phosphoric acid groups is 1. The third kappa shape index (κ3) is 14.0. The number of benzene rings is 1. The summed E-state index contributed by atoms with van der Waals surface area (Å²) in [5, 5.41) is 6.76. The molecule has 17 heteroatoms. The molecule has 2 aromatic rings. The zero-order valence-corrected chi connectivity index (χ0v) is 29.8. The number of amides is 1. The maximum absolute atomic E-state index is 13.8. The van der Waals surface area contributed by atoms with E-state index in [0.29, 0.717) is 16.9 Å². The van der Waals surface area contributed by atoms with Gasteiger partial charge >= 0.3 is 13.9 Å². The number of phosphoric ester groups is 1. The first-order chi connectivity index (χ1) is 19.5. The molecule has 0 saturated carbocycles. The topological polar surface area (TPSA) is 146 Å². The summed E-state index contributed by atoms with van der Waals surface area (Å²) in [6.07, 6.45) is 2.05. The van der Waals surface area contributed by atoms with E-state index >= 15 is 0 Å². The Balaban J connectivity index is 2.22. The molecule has 0 radical (unpaired) electrons. The minimum Gasteiger partial charge on any atom is -0.444 e. The number of thiocarbonyl (C=S) groups is 1. The number of ether oxygens (including phenoxy) is 1.